The predicted octanol–water partition coefficient (Wildman–Crippen LogP) is 3.66. The normalized spacial score (nSPS) is 17.8. The second-order valence-electron chi connectivity index (χ2n) is 6.05. The molecule has 27 heavy (non-hydrogen) atoms. The molecule has 4 nitrogen and oxygen atoms in total. The summed E-state index contributed by atoms with van der Waals surface area (Å²) in [6.07, 6.45) is -4.46. The maximum Gasteiger partial charge on any atom is 0.416 e. The third-order valence-electron chi connectivity index (χ3n) is 4.36. The molecule has 1 heterocycles. The molecule has 1 aliphatic heterocycles. The smallest absolute Gasteiger partial charge is 0.377 e. The minimum absolute atomic E-state index is 0.131. The SMILES string of the molecule is NC(=O)c1c(F)cc(N2CCOCC2c2ccc(C(F)(F)F)cc2)cc1F. The minimum Gasteiger partial charge on any atom is -0.377 e. The number of carbonyl (C=O) groups excluding carboxylic acids is 1. The van der Waals surface area contributed by atoms with Gasteiger partial charge in [0.1, 0.15) is 17.2 Å². The average Bonchev–Trinajstić information content (AvgIpc) is 2.60. The van der Waals surface area contributed by atoms with Crippen LogP contribution in [0.5, 0.6) is 0 Å². The van der Waals surface area contributed by atoms with Crippen molar-refractivity contribution in [3.8, 4) is 0 Å². The highest BCUT2D eigenvalue weighted by Crippen LogP contribution is 2.34. The van der Waals surface area contributed by atoms with E-state index in [4.69, 9.17) is 10.5 Å². The quantitative estimate of drug-likeness (QED) is 0.820. The van der Waals surface area contributed by atoms with Crippen LogP contribution in [0.3, 0.4) is 0 Å². The van der Waals surface area contributed by atoms with Gasteiger partial charge in [0.25, 0.3) is 5.91 Å². The van der Waals surface area contributed by atoms with Gasteiger partial charge in [-0.1, -0.05) is 12.1 Å². The van der Waals surface area contributed by atoms with Gasteiger partial charge in [0.05, 0.1) is 24.8 Å². The van der Waals surface area contributed by atoms with Crippen LogP contribution in [0.15, 0.2) is 36.4 Å². The maximum absolute atomic E-state index is 14.1. The average molecular weight is 386 g/mol. The van der Waals surface area contributed by atoms with E-state index in [0.29, 0.717) is 5.56 Å². The summed E-state index contributed by atoms with van der Waals surface area (Å²) in [6.45, 7) is 0.671. The molecular weight excluding hydrogens is 371 g/mol. The Bertz CT molecular complexity index is 829. The number of hydrogen-bond acceptors (Lipinski definition) is 3. The minimum atomic E-state index is -4.46. The van der Waals surface area contributed by atoms with E-state index in [9.17, 15) is 26.7 Å². The van der Waals surface area contributed by atoms with Crippen LogP contribution < -0.4 is 10.6 Å². The third-order valence-corrected chi connectivity index (χ3v) is 4.36. The molecule has 0 aromatic heterocycles. The highest BCUT2D eigenvalue weighted by Gasteiger charge is 2.32. The van der Waals surface area contributed by atoms with Crippen molar-refractivity contribution in [1.82, 2.24) is 0 Å². The van der Waals surface area contributed by atoms with Crippen molar-refractivity contribution in [2.45, 2.75) is 12.2 Å². The largest absolute Gasteiger partial charge is 0.416 e. The predicted molar refractivity (Wildman–Crippen MR) is 87.2 cm³/mol. The van der Waals surface area contributed by atoms with Gasteiger partial charge in [-0.15, -0.1) is 0 Å². The number of benzene rings is 2. The molecule has 0 radical (unpaired) electrons. The Hall–Kier alpha value is -2.68. The summed E-state index contributed by atoms with van der Waals surface area (Å²) >= 11 is 0. The molecule has 1 amide bonds. The van der Waals surface area contributed by atoms with Crippen LogP contribution in [-0.4, -0.2) is 25.7 Å². The summed E-state index contributed by atoms with van der Waals surface area (Å²) in [5.74, 6) is -3.43. The van der Waals surface area contributed by atoms with Gasteiger partial charge in [-0.3, -0.25) is 4.79 Å². The molecule has 0 saturated carbocycles. The van der Waals surface area contributed by atoms with Crippen LogP contribution in [0.1, 0.15) is 27.5 Å². The molecule has 1 aliphatic rings. The molecule has 144 valence electrons. The van der Waals surface area contributed by atoms with E-state index in [-0.39, 0.29) is 25.4 Å². The molecule has 1 fully saturated rings. The number of rotatable bonds is 3. The molecule has 2 N–H and O–H groups in total. The van der Waals surface area contributed by atoms with Gasteiger partial charge in [-0.2, -0.15) is 13.2 Å². The van der Waals surface area contributed by atoms with Gasteiger partial charge in [-0.05, 0) is 29.8 Å². The molecule has 3 rings (SSSR count). The number of halogens is 5. The van der Waals surface area contributed by atoms with Crippen LogP contribution in [-0.2, 0) is 10.9 Å². The third kappa shape index (κ3) is 3.87. The second-order valence-corrected chi connectivity index (χ2v) is 6.05. The molecule has 1 atom stereocenters. The summed E-state index contributed by atoms with van der Waals surface area (Å²) in [5.41, 5.74) is 3.98. The first-order valence-corrected chi connectivity index (χ1v) is 7.99. The van der Waals surface area contributed by atoms with E-state index in [1.54, 1.807) is 4.90 Å². The number of ether oxygens (including phenoxy) is 1. The summed E-state index contributed by atoms with van der Waals surface area (Å²) in [4.78, 5) is 12.8. The van der Waals surface area contributed by atoms with Crippen LogP contribution in [0, 0.1) is 11.6 Å². The number of hydrogen-bond donors (Lipinski definition) is 1. The lowest BCUT2D eigenvalue weighted by atomic mass is 10.0. The van der Waals surface area contributed by atoms with E-state index < -0.39 is 40.9 Å². The van der Waals surface area contributed by atoms with Crippen LogP contribution in [0.4, 0.5) is 27.6 Å². The Balaban J connectivity index is 1.96. The molecule has 1 unspecified atom stereocenters. The van der Waals surface area contributed by atoms with Crippen LogP contribution >= 0.6 is 0 Å². The summed E-state index contributed by atoms with van der Waals surface area (Å²) in [5, 5.41) is 0. The Kier molecular flexibility index (Phi) is 5.05. The number of nitrogens with zero attached hydrogens (tertiary/aromatic N) is 1. The molecule has 0 aliphatic carbocycles. The summed E-state index contributed by atoms with van der Waals surface area (Å²) in [7, 11) is 0. The first-order chi connectivity index (χ1) is 12.7. The fourth-order valence-electron chi connectivity index (χ4n) is 3.04. The standard InChI is InChI=1S/C18H15F5N2O2/c19-13-7-12(8-14(20)16(13)17(24)26)25-5-6-27-9-15(25)10-1-3-11(4-2-10)18(21,22)23/h1-4,7-8,15H,5-6,9H2,(H2,24,26). The van der Waals surface area contributed by atoms with E-state index in [1.165, 1.54) is 12.1 Å². The highest BCUT2D eigenvalue weighted by atomic mass is 19.4. The first-order valence-electron chi connectivity index (χ1n) is 7.99. The summed E-state index contributed by atoms with van der Waals surface area (Å²) in [6, 6.07) is 5.91. The van der Waals surface area contributed by atoms with Crippen LogP contribution in [0.2, 0.25) is 0 Å². The van der Waals surface area contributed by atoms with Crippen molar-refractivity contribution in [3.63, 3.8) is 0 Å². The van der Waals surface area contributed by atoms with Crippen molar-refractivity contribution in [3.05, 3.63) is 64.7 Å². The molecule has 0 spiro atoms. The fourth-order valence-corrected chi connectivity index (χ4v) is 3.04. The van der Waals surface area contributed by atoms with Gasteiger partial charge in [0.2, 0.25) is 0 Å². The Morgan fingerprint density at radius 2 is 1.70 bits per heavy atom. The second kappa shape index (κ2) is 7.15. The molecule has 0 bridgehead atoms. The number of carbonyl (C=O) groups is 1. The topological polar surface area (TPSA) is 55.6 Å². The molecule has 1 saturated heterocycles. The van der Waals surface area contributed by atoms with Gasteiger partial charge in [0.15, 0.2) is 0 Å². The molecular formula is C18H15F5N2O2. The maximum atomic E-state index is 14.1. The number of primary amides is 1. The van der Waals surface area contributed by atoms with Crippen molar-refractivity contribution in [1.29, 1.82) is 0 Å². The highest BCUT2D eigenvalue weighted by molar-refractivity contribution is 5.93. The number of morpholine rings is 1. The van der Waals surface area contributed by atoms with E-state index in [2.05, 4.69) is 0 Å². The Labute approximate surface area is 151 Å². The monoisotopic (exact) mass is 386 g/mol. The molecule has 9 heteroatoms. The van der Waals surface area contributed by atoms with E-state index >= 15 is 0 Å². The fraction of sp³-hybridized carbons (Fsp3) is 0.278. The lowest BCUT2D eigenvalue weighted by Gasteiger charge is -2.38. The van der Waals surface area contributed by atoms with Crippen LogP contribution in [0.25, 0.3) is 0 Å². The van der Waals surface area contributed by atoms with Crippen molar-refractivity contribution >= 4 is 11.6 Å². The van der Waals surface area contributed by atoms with Gasteiger partial charge < -0.3 is 15.4 Å². The zero-order chi connectivity index (χ0) is 19.8. The van der Waals surface area contributed by atoms with Crippen molar-refractivity contribution in [2.75, 3.05) is 24.7 Å². The van der Waals surface area contributed by atoms with E-state index in [1.807, 2.05) is 0 Å². The number of nitrogens with two attached hydrogens (primary N) is 1. The first kappa shape index (κ1) is 19.1. The summed E-state index contributed by atoms with van der Waals surface area (Å²) < 4.78 is 71.8. The Morgan fingerprint density at radius 3 is 2.22 bits per heavy atom. The number of alkyl halides is 3. The van der Waals surface area contributed by atoms with Gasteiger partial charge >= 0.3 is 6.18 Å². The lowest BCUT2D eigenvalue weighted by Crippen LogP contribution is -2.39. The van der Waals surface area contributed by atoms with Crippen molar-refractivity contribution < 1.29 is 31.5 Å². The zero-order valence-corrected chi connectivity index (χ0v) is 13.9. The Morgan fingerprint density at radius 1 is 1.11 bits per heavy atom. The van der Waals surface area contributed by atoms with Gasteiger partial charge in [0, 0.05) is 12.2 Å². The molecule has 2 aromatic carbocycles. The molecule has 2 aromatic rings. The van der Waals surface area contributed by atoms with Crippen molar-refractivity contribution in [2.24, 2.45) is 5.73 Å². The van der Waals surface area contributed by atoms with Gasteiger partial charge in [-0.25, -0.2) is 8.78 Å². The lowest BCUT2D eigenvalue weighted by molar-refractivity contribution is -0.137. The number of amides is 1. The zero-order valence-electron chi connectivity index (χ0n) is 13.9. The number of anilines is 1. The van der Waals surface area contributed by atoms with E-state index in [0.717, 1.165) is 24.3 Å².